The number of phenols is 1. The van der Waals surface area contributed by atoms with Crippen molar-refractivity contribution in [1.82, 2.24) is 4.90 Å². The summed E-state index contributed by atoms with van der Waals surface area (Å²) in [5.41, 5.74) is 0.389. The zero-order chi connectivity index (χ0) is 20.1. The molecule has 3 aliphatic rings. The van der Waals surface area contributed by atoms with Gasteiger partial charge in [0, 0.05) is 36.9 Å². The predicted octanol–water partition coefficient (Wildman–Crippen LogP) is 2.72. The highest BCUT2D eigenvalue weighted by Gasteiger charge is 2.52. The van der Waals surface area contributed by atoms with Crippen LogP contribution in [-0.2, 0) is 14.3 Å². The molecule has 0 aliphatic carbocycles. The van der Waals surface area contributed by atoms with Gasteiger partial charge in [0.1, 0.15) is 5.60 Å². The van der Waals surface area contributed by atoms with Gasteiger partial charge in [0.05, 0.1) is 18.6 Å². The number of rotatable bonds is 3. The van der Waals surface area contributed by atoms with E-state index < -0.39 is 11.6 Å². The first-order chi connectivity index (χ1) is 13.3. The lowest BCUT2D eigenvalue weighted by Crippen LogP contribution is -2.56. The van der Waals surface area contributed by atoms with Crippen molar-refractivity contribution in [3.63, 3.8) is 0 Å². The van der Waals surface area contributed by atoms with Crippen LogP contribution in [0.25, 0.3) is 0 Å². The second-order valence-corrected chi connectivity index (χ2v) is 8.62. The molecule has 1 aromatic rings. The van der Waals surface area contributed by atoms with Crippen LogP contribution in [0.1, 0.15) is 51.2 Å². The Balaban J connectivity index is 1.52. The number of hydrogen-bond acceptors (Lipinski definition) is 5. The molecule has 4 atom stereocenters. The van der Waals surface area contributed by atoms with Gasteiger partial charge in [0.2, 0.25) is 5.91 Å². The van der Waals surface area contributed by atoms with Gasteiger partial charge in [-0.25, -0.2) is 0 Å². The van der Waals surface area contributed by atoms with Crippen LogP contribution in [-0.4, -0.2) is 51.8 Å². The minimum absolute atomic E-state index is 0.0425. The van der Waals surface area contributed by atoms with E-state index in [4.69, 9.17) is 14.6 Å². The molecule has 28 heavy (non-hydrogen) atoms. The van der Waals surface area contributed by atoms with Crippen LogP contribution in [0.2, 0.25) is 0 Å². The number of nitrogens with zero attached hydrogens (tertiary/aromatic N) is 1. The summed E-state index contributed by atoms with van der Waals surface area (Å²) >= 11 is 0. The number of likely N-dealkylation sites (tertiary alicyclic amines) is 1. The monoisotopic (exact) mass is 389 g/mol. The van der Waals surface area contributed by atoms with Crippen molar-refractivity contribution in [2.24, 2.45) is 11.8 Å². The van der Waals surface area contributed by atoms with E-state index in [-0.39, 0.29) is 48.5 Å². The van der Waals surface area contributed by atoms with E-state index in [1.165, 1.54) is 0 Å². The summed E-state index contributed by atoms with van der Waals surface area (Å²) in [5.74, 6) is -0.0998. The van der Waals surface area contributed by atoms with Crippen LogP contribution < -0.4 is 4.74 Å². The number of amides is 1. The highest BCUT2D eigenvalue weighted by atomic mass is 16.5. The van der Waals surface area contributed by atoms with Crippen LogP contribution >= 0.6 is 0 Å². The van der Waals surface area contributed by atoms with Gasteiger partial charge in [-0.1, -0.05) is 12.1 Å². The van der Waals surface area contributed by atoms with Crippen molar-refractivity contribution in [1.29, 1.82) is 0 Å². The Morgan fingerprint density at radius 1 is 1.29 bits per heavy atom. The number of carbonyl (C=O) groups is 2. The Morgan fingerprint density at radius 2 is 2.07 bits per heavy atom. The molecule has 0 saturated carbocycles. The topological polar surface area (TPSA) is 96.3 Å². The summed E-state index contributed by atoms with van der Waals surface area (Å²) in [6, 6.07) is 5.39. The zero-order valence-electron chi connectivity index (χ0n) is 16.3. The van der Waals surface area contributed by atoms with Crippen molar-refractivity contribution in [3.8, 4) is 11.5 Å². The highest BCUT2D eigenvalue weighted by Crippen LogP contribution is 2.54. The van der Waals surface area contributed by atoms with Gasteiger partial charge < -0.3 is 24.6 Å². The van der Waals surface area contributed by atoms with Gasteiger partial charge in [-0.05, 0) is 32.8 Å². The molecule has 152 valence electrons. The summed E-state index contributed by atoms with van der Waals surface area (Å²) in [6.07, 6.45) is 1.42. The number of carboxylic acid groups (broad SMARTS) is 1. The Kier molecular flexibility index (Phi) is 4.73. The SMILES string of the molecule is CC1(C)Oc2c(O)cccc2[C@H]2O[C@H]3CCN(C(=O)CCC(=O)O)C[C@H]3C[C@@H]21. The zero-order valence-corrected chi connectivity index (χ0v) is 16.3. The smallest absolute Gasteiger partial charge is 0.303 e. The first-order valence-electron chi connectivity index (χ1n) is 9.92. The van der Waals surface area contributed by atoms with Crippen LogP contribution in [0.4, 0.5) is 0 Å². The number of aliphatic carboxylic acids is 1. The molecule has 0 unspecified atom stereocenters. The molecule has 7 heteroatoms. The minimum Gasteiger partial charge on any atom is -0.504 e. The van der Waals surface area contributed by atoms with Crippen LogP contribution in [0.15, 0.2) is 18.2 Å². The first-order valence-corrected chi connectivity index (χ1v) is 9.92. The van der Waals surface area contributed by atoms with Crippen molar-refractivity contribution >= 4 is 11.9 Å². The van der Waals surface area contributed by atoms with Gasteiger partial charge in [0.25, 0.3) is 0 Å². The number of para-hydroxylation sites is 1. The van der Waals surface area contributed by atoms with E-state index in [0.29, 0.717) is 18.8 Å². The van der Waals surface area contributed by atoms with Crippen molar-refractivity contribution in [2.45, 2.75) is 57.3 Å². The summed E-state index contributed by atoms with van der Waals surface area (Å²) < 4.78 is 12.7. The van der Waals surface area contributed by atoms with E-state index in [1.807, 2.05) is 26.0 Å². The maximum Gasteiger partial charge on any atom is 0.303 e. The van der Waals surface area contributed by atoms with Gasteiger partial charge >= 0.3 is 5.97 Å². The normalized spacial score (nSPS) is 30.4. The van der Waals surface area contributed by atoms with Crippen molar-refractivity contribution in [3.05, 3.63) is 23.8 Å². The summed E-state index contributed by atoms with van der Waals surface area (Å²) in [4.78, 5) is 24.9. The molecule has 7 nitrogen and oxygen atoms in total. The molecular weight excluding hydrogens is 362 g/mol. The molecule has 0 bridgehead atoms. The Labute approximate surface area is 164 Å². The number of aromatic hydroxyl groups is 1. The third-order valence-electron chi connectivity index (χ3n) is 6.40. The molecule has 0 radical (unpaired) electrons. The lowest BCUT2D eigenvalue weighted by atomic mass is 9.70. The summed E-state index contributed by atoms with van der Waals surface area (Å²) in [7, 11) is 0. The fourth-order valence-corrected chi connectivity index (χ4v) is 4.90. The second-order valence-electron chi connectivity index (χ2n) is 8.62. The molecule has 3 aliphatic heterocycles. The van der Waals surface area contributed by atoms with Crippen LogP contribution in [0.3, 0.4) is 0 Å². The van der Waals surface area contributed by atoms with Gasteiger partial charge in [0.15, 0.2) is 11.5 Å². The van der Waals surface area contributed by atoms with E-state index >= 15 is 0 Å². The van der Waals surface area contributed by atoms with Crippen molar-refractivity contribution < 1.29 is 29.3 Å². The number of phenolic OH excluding ortho intramolecular Hbond substituents is 1. The molecule has 2 fully saturated rings. The number of piperidine rings is 1. The minimum atomic E-state index is -0.949. The Bertz CT molecular complexity index is 791. The first kappa shape index (κ1) is 19.1. The number of carbonyl (C=O) groups excluding carboxylic acids is 1. The van der Waals surface area contributed by atoms with Crippen LogP contribution in [0.5, 0.6) is 11.5 Å². The highest BCUT2D eigenvalue weighted by molar-refractivity contribution is 5.80. The third-order valence-corrected chi connectivity index (χ3v) is 6.40. The largest absolute Gasteiger partial charge is 0.504 e. The van der Waals surface area contributed by atoms with Gasteiger partial charge in [-0.15, -0.1) is 0 Å². The summed E-state index contributed by atoms with van der Waals surface area (Å²) in [6.45, 7) is 5.21. The quantitative estimate of drug-likeness (QED) is 0.825. The number of ether oxygens (including phenoxy) is 2. The van der Waals surface area contributed by atoms with Crippen molar-refractivity contribution in [2.75, 3.05) is 13.1 Å². The number of carboxylic acids is 1. The van der Waals surface area contributed by atoms with Gasteiger partial charge in [-0.2, -0.15) is 0 Å². The average molecular weight is 389 g/mol. The lowest BCUT2D eigenvalue weighted by molar-refractivity contribution is -0.189. The molecule has 0 spiro atoms. The molecule has 0 aromatic heterocycles. The Hall–Kier alpha value is -2.28. The second kappa shape index (κ2) is 6.95. The standard InChI is InChI=1S/C21H27NO6/c1-21(2)14-10-12-11-22(17(24)6-7-18(25)26)9-8-16(12)27-19(14)13-4-3-5-15(23)20(13)28-21/h3-5,12,14,16,19,23H,6-11H2,1-2H3,(H,25,26)/t12-,14+,16+,19-/m1/s1. The van der Waals surface area contributed by atoms with E-state index in [0.717, 1.165) is 18.4 Å². The molecule has 2 N–H and O–H groups in total. The molecule has 1 amide bonds. The van der Waals surface area contributed by atoms with E-state index in [2.05, 4.69) is 0 Å². The summed E-state index contributed by atoms with van der Waals surface area (Å²) in [5, 5.41) is 19.0. The van der Waals surface area contributed by atoms with Crippen LogP contribution in [0, 0.1) is 11.8 Å². The fourth-order valence-electron chi connectivity index (χ4n) is 4.90. The maximum atomic E-state index is 12.4. The molecule has 1 aromatic carbocycles. The molecule has 3 heterocycles. The third kappa shape index (κ3) is 3.32. The maximum absolute atomic E-state index is 12.4. The fraction of sp³-hybridized carbons (Fsp3) is 0.619. The molecule has 4 rings (SSSR count). The predicted molar refractivity (Wildman–Crippen MR) is 100 cm³/mol. The van der Waals surface area contributed by atoms with Gasteiger partial charge in [-0.3, -0.25) is 9.59 Å². The van der Waals surface area contributed by atoms with E-state index in [1.54, 1.807) is 11.0 Å². The number of hydrogen-bond donors (Lipinski definition) is 2. The lowest BCUT2D eigenvalue weighted by Gasteiger charge is -2.53. The Morgan fingerprint density at radius 3 is 2.82 bits per heavy atom. The number of fused-ring (bicyclic) bond motifs is 4. The van der Waals surface area contributed by atoms with E-state index in [9.17, 15) is 14.7 Å². The number of benzene rings is 1. The average Bonchev–Trinajstić information content (AvgIpc) is 2.65. The molecular formula is C21H27NO6. The molecule has 2 saturated heterocycles.